The second kappa shape index (κ2) is 31.8. The van der Waals surface area contributed by atoms with E-state index in [0.717, 1.165) is 69.6 Å². The van der Waals surface area contributed by atoms with Crippen molar-refractivity contribution in [2.24, 2.45) is 16.3 Å². The summed E-state index contributed by atoms with van der Waals surface area (Å²) < 4.78 is 0. The Morgan fingerprint density at radius 1 is 0.860 bits per heavy atom. The summed E-state index contributed by atoms with van der Waals surface area (Å²) in [5, 5.41) is 8.85. The zero-order valence-electron chi connectivity index (χ0n) is 35.8. The van der Waals surface area contributed by atoms with E-state index >= 15 is 0 Å². The van der Waals surface area contributed by atoms with Gasteiger partial charge in [-0.25, -0.2) is 0 Å². The Morgan fingerprint density at radius 2 is 1.38 bits per heavy atom. The molecule has 1 fully saturated rings. The molecular weight excluding hydrogens is 613 g/mol. The number of hydrogen-bond donors (Lipinski definition) is 0. The summed E-state index contributed by atoms with van der Waals surface area (Å²) in [5.74, 6) is 0.726. The number of nitrogens with zero attached hydrogens (tertiary/aromatic N) is 4. The number of amides is 1. The maximum atomic E-state index is 12.6. The molecule has 0 N–H and O–H groups in total. The molecule has 5 heteroatoms. The SMILES string of the molecule is CC/C=C/C=C(C#N)\C=C(/C)CCC.CCC.CCCC.C\C=C(C(/C(C)=N/C=C/CC)=C(/C)N1CCN(C(=O)C(C)(C)C)CC1)\C(C)CC. The van der Waals surface area contributed by atoms with Crippen molar-refractivity contribution < 1.29 is 4.79 Å². The number of carbonyl (C=O) groups excluding carboxylic acids is 1. The van der Waals surface area contributed by atoms with E-state index in [2.05, 4.69) is 113 Å². The van der Waals surface area contributed by atoms with Crippen molar-refractivity contribution in [3.8, 4) is 6.07 Å². The normalized spacial score (nSPS) is 15.7. The maximum Gasteiger partial charge on any atom is 0.228 e. The average molecular weight is 693 g/mol. The Kier molecular flexibility index (Phi) is 32.6. The van der Waals surface area contributed by atoms with E-state index in [1.807, 2.05) is 56.2 Å². The molecule has 286 valence electrons. The summed E-state index contributed by atoms with van der Waals surface area (Å²) in [6, 6.07) is 2.18. The van der Waals surface area contributed by atoms with Gasteiger partial charge in [0.2, 0.25) is 5.91 Å². The van der Waals surface area contributed by atoms with Crippen LogP contribution in [0.25, 0.3) is 0 Å². The van der Waals surface area contributed by atoms with Crippen LogP contribution in [0.5, 0.6) is 0 Å². The minimum Gasteiger partial charge on any atom is -0.371 e. The molecule has 1 aliphatic heterocycles. The number of carbonyl (C=O) groups is 1. The first kappa shape index (κ1) is 51.2. The fourth-order valence-corrected chi connectivity index (χ4v) is 4.94. The quantitative estimate of drug-likeness (QED) is 0.110. The zero-order valence-corrected chi connectivity index (χ0v) is 35.8. The first-order valence-electron chi connectivity index (χ1n) is 19.7. The molecule has 1 aliphatic rings. The summed E-state index contributed by atoms with van der Waals surface area (Å²) in [5.41, 5.74) is 6.65. The van der Waals surface area contributed by atoms with Gasteiger partial charge in [0.1, 0.15) is 0 Å². The molecule has 0 aliphatic carbocycles. The van der Waals surface area contributed by atoms with Crippen LogP contribution in [-0.2, 0) is 4.79 Å². The van der Waals surface area contributed by atoms with Crippen LogP contribution in [0.2, 0.25) is 0 Å². The Hall–Kier alpha value is -3.13. The van der Waals surface area contributed by atoms with E-state index in [4.69, 9.17) is 10.3 Å². The first-order valence-corrected chi connectivity index (χ1v) is 19.7. The zero-order chi connectivity index (χ0) is 39.1. The standard InChI is InChI=1S/C25H43N3O.C13H19N.C4H10.C3H8/c1-10-13-14-26-20(5)23(22(12-3)19(4)11-2)21(6)27-15-17-28(18-16-27)24(29)25(7,8)9;1-4-6-7-9-13(11-14)10-12(3)8-5-2;1-3-4-2;1-3-2/h12-14,19H,10-11,15-18H2,1-9H3;6-7,9-10H,4-5,8H2,1-3H3;3-4H2,1-2H3;3H2,1-2H3/b14-13+,22-12-,23-21-,26-20+;7-6+,12-10+,13-9+;;. The third kappa shape index (κ3) is 23.3. The summed E-state index contributed by atoms with van der Waals surface area (Å²) >= 11 is 0. The monoisotopic (exact) mass is 693 g/mol. The highest BCUT2D eigenvalue weighted by Gasteiger charge is 2.30. The van der Waals surface area contributed by atoms with Gasteiger partial charge < -0.3 is 9.80 Å². The van der Waals surface area contributed by atoms with Crippen molar-refractivity contribution in [1.82, 2.24) is 9.80 Å². The molecule has 0 aromatic carbocycles. The molecule has 1 heterocycles. The molecule has 0 aromatic heterocycles. The Balaban J connectivity index is -0.000000869. The van der Waals surface area contributed by atoms with Crippen LogP contribution in [-0.4, -0.2) is 47.6 Å². The number of rotatable bonds is 13. The molecule has 1 atom stereocenters. The summed E-state index contributed by atoms with van der Waals surface area (Å²) in [6.07, 6.45) is 23.2. The van der Waals surface area contributed by atoms with Gasteiger partial charge in [-0.05, 0) is 77.0 Å². The molecular formula is C45H80N4O. The van der Waals surface area contributed by atoms with Gasteiger partial charge in [0, 0.05) is 54.8 Å². The highest BCUT2D eigenvalue weighted by Crippen LogP contribution is 2.29. The number of unbranched alkanes of at least 4 members (excludes halogenated alkanes) is 1. The molecule has 50 heavy (non-hydrogen) atoms. The molecule has 1 rings (SSSR count). The number of hydrogen-bond acceptors (Lipinski definition) is 4. The molecule has 1 unspecified atom stereocenters. The lowest BCUT2D eigenvalue weighted by molar-refractivity contribution is -0.141. The van der Waals surface area contributed by atoms with E-state index in [0.29, 0.717) is 5.92 Å². The fraction of sp³-hybridized carbons (Fsp3) is 0.667. The van der Waals surface area contributed by atoms with Crippen molar-refractivity contribution in [3.05, 3.63) is 70.6 Å². The predicted octanol–water partition coefficient (Wildman–Crippen LogP) is 13.2. The molecule has 0 bridgehead atoms. The lowest BCUT2D eigenvalue weighted by atomic mass is 9.87. The Morgan fingerprint density at radius 3 is 1.78 bits per heavy atom. The van der Waals surface area contributed by atoms with Gasteiger partial charge in [-0.15, -0.1) is 0 Å². The highest BCUT2D eigenvalue weighted by molar-refractivity contribution is 6.03. The van der Waals surface area contributed by atoms with Crippen molar-refractivity contribution in [3.63, 3.8) is 0 Å². The second-order valence-corrected chi connectivity index (χ2v) is 14.1. The van der Waals surface area contributed by atoms with Crippen molar-refractivity contribution >= 4 is 11.6 Å². The molecule has 5 nitrogen and oxygen atoms in total. The smallest absolute Gasteiger partial charge is 0.228 e. The van der Waals surface area contributed by atoms with Gasteiger partial charge >= 0.3 is 0 Å². The van der Waals surface area contributed by atoms with Gasteiger partial charge in [-0.2, -0.15) is 5.26 Å². The van der Waals surface area contributed by atoms with E-state index < -0.39 is 0 Å². The molecule has 0 aromatic rings. The van der Waals surface area contributed by atoms with E-state index in [-0.39, 0.29) is 11.3 Å². The number of aliphatic imine (C=N–C) groups is 1. The van der Waals surface area contributed by atoms with Crippen LogP contribution in [0, 0.1) is 22.7 Å². The fourth-order valence-electron chi connectivity index (χ4n) is 4.94. The maximum absolute atomic E-state index is 12.6. The highest BCUT2D eigenvalue weighted by atomic mass is 16.2. The third-order valence-corrected chi connectivity index (χ3v) is 8.08. The van der Waals surface area contributed by atoms with Crippen LogP contribution in [0.4, 0.5) is 0 Å². The number of allylic oxidation sites excluding steroid dienone is 11. The van der Waals surface area contributed by atoms with Crippen LogP contribution in [0.1, 0.15) is 162 Å². The minimum atomic E-state index is -0.318. The van der Waals surface area contributed by atoms with Gasteiger partial charge in [0.25, 0.3) is 0 Å². The second-order valence-electron chi connectivity index (χ2n) is 14.1. The number of nitriles is 1. The van der Waals surface area contributed by atoms with Crippen LogP contribution in [0.3, 0.4) is 0 Å². The molecule has 0 radical (unpaired) electrons. The van der Waals surface area contributed by atoms with E-state index in [9.17, 15) is 4.79 Å². The average Bonchev–Trinajstić information content (AvgIpc) is 3.09. The van der Waals surface area contributed by atoms with Crippen LogP contribution < -0.4 is 0 Å². The minimum absolute atomic E-state index is 0.246. The van der Waals surface area contributed by atoms with Gasteiger partial charge in [0.15, 0.2) is 0 Å². The Labute approximate surface area is 312 Å². The predicted molar refractivity (Wildman–Crippen MR) is 224 cm³/mol. The van der Waals surface area contributed by atoms with Crippen LogP contribution >= 0.6 is 0 Å². The summed E-state index contributed by atoms with van der Waals surface area (Å²) in [6.45, 7) is 37.3. The van der Waals surface area contributed by atoms with Gasteiger partial charge in [-0.3, -0.25) is 9.79 Å². The molecule has 1 saturated heterocycles. The lowest BCUT2D eigenvalue weighted by Crippen LogP contribution is -2.51. The van der Waals surface area contributed by atoms with Crippen molar-refractivity contribution in [1.29, 1.82) is 5.26 Å². The van der Waals surface area contributed by atoms with Crippen LogP contribution in [0.15, 0.2) is 75.6 Å². The summed E-state index contributed by atoms with van der Waals surface area (Å²) in [4.78, 5) is 21.8. The third-order valence-electron chi connectivity index (χ3n) is 8.08. The van der Waals surface area contributed by atoms with Gasteiger partial charge in [0.05, 0.1) is 11.6 Å². The summed E-state index contributed by atoms with van der Waals surface area (Å²) in [7, 11) is 0. The Bertz CT molecular complexity index is 1150. The van der Waals surface area contributed by atoms with E-state index in [1.54, 1.807) is 0 Å². The number of piperazine rings is 1. The van der Waals surface area contributed by atoms with Gasteiger partial charge in [-0.1, -0.05) is 139 Å². The van der Waals surface area contributed by atoms with Crippen molar-refractivity contribution in [2.45, 2.75) is 162 Å². The molecule has 0 saturated carbocycles. The molecule has 0 spiro atoms. The van der Waals surface area contributed by atoms with E-state index in [1.165, 1.54) is 41.7 Å². The van der Waals surface area contributed by atoms with Crippen molar-refractivity contribution in [2.75, 3.05) is 26.2 Å². The largest absolute Gasteiger partial charge is 0.371 e. The topological polar surface area (TPSA) is 59.7 Å². The first-order chi connectivity index (χ1) is 23.6. The lowest BCUT2D eigenvalue weighted by Gasteiger charge is -2.40. The molecule has 1 amide bonds.